The molecule has 0 aliphatic rings. The van der Waals surface area contributed by atoms with E-state index in [2.05, 4.69) is 0 Å². The summed E-state index contributed by atoms with van der Waals surface area (Å²) in [7, 11) is 9.74. The lowest BCUT2D eigenvalue weighted by Crippen LogP contribution is -2.29. The molecule has 0 rings (SSSR count). The van der Waals surface area contributed by atoms with Crippen molar-refractivity contribution in [1.82, 2.24) is 14.0 Å². The lowest BCUT2D eigenvalue weighted by molar-refractivity contribution is 0.470. The van der Waals surface area contributed by atoms with Crippen molar-refractivity contribution in [2.24, 2.45) is 0 Å². The van der Waals surface area contributed by atoms with Gasteiger partial charge in [0.1, 0.15) is 0 Å². The minimum Gasteiger partial charge on any atom is -0.277 e. The second-order valence-corrected chi connectivity index (χ2v) is 6.65. The zero-order chi connectivity index (χ0) is 9.23. The third-order valence-electron chi connectivity index (χ3n) is 1.67. The van der Waals surface area contributed by atoms with Gasteiger partial charge in [-0.2, -0.15) is 0 Å². The minimum absolute atomic E-state index is 1.94. The van der Waals surface area contributed by atoms with Crippen molar-refractivity contribution < 1.29 is 0 Å². The summed E-state index contributed by atoms with van der Waals surface area (Å²) in [6, 6.07) is 0. The van der Waals surface area contributed by atoms with Crippen LogP contribution in [0.1, 0.15) is 0 Å². The molecule has 5 heteroatoms. The predicted octanol–water partition coefficient (Wildman–Crippen LogP) is 1.20. The van der Waals surface area contributed by atoms with E-state index in [-0.39, 0.29) is 0 Å². The largest absolute Gasteiger partial charge is 0.277 e. The fraction of sp³-hybridized carbons (Fsp3) is 1.00. The van der Waals surface area contributed by atoms with Crippen LogP contribution in [0.2, 0.25) is 0 Å². The van der Waals surface area contributed by atoms with Crippen LogP contribution >= 0.6 is 7.51 Å². The molecule has 0 aromatic rings. The Kier molecular flexibility index (Phi) is 3.71. The van der Waals surface area contributed by atoms with E-state index in [0.717, 1.165) is 0 Å². The molecule has 0 saturated carbocycles. The molecule has 0 heterocycles. The highest BCUT2D eigenvalue weighted by molar-refractivity contribution is 7.57. The molecule has 0 aromatic heterocycles. The maximum atomic E-state index is 8.17. The van der Waals surface area contributed by atoms with Crippen molar-refractivity contribution in [1.29, 1.82) is 5.16 Å². The third-order valence-corrected chi connectivity index (χ3v) is 5.02. The molecule has 4 nitrogen and oxygen atoms in total. The van der Waals surface area contributed by atoms with E-state index < -0.39 is 7.51 Å². The van der Waals surface area contributed by atoms with Crippen molar-refractivity contribution in [3.05, 3.63) is 0 Å². The fourth-order valence-corrected chi connectivity index (χ4v) is 3.22. The van der Waals surface area contributed by atoms with Gasteiger partial charge in [-0.1, -0.05) is 0 Å². The van der Waals surface area contributed by atoms with Gasteiger partial charge in [0.05, 0.1) is 0 Å². The first-order chi connectivity index (χ1) is 4.83. The molecule has 0 spiro atoms. The Morgan fingerprint density at radius 3 is 0.909 bits per heavy atom. The maximum absolute atomic E-state index is 8.17. The first-order valence-electron chi connectivity index (χ1n) is 3.51. The molecule has 0 aromatic carbocycles. The monoisotopic (exact) mass is 178 g/mol. The fourth-order valence-electron chi connectivity index (χ4n) is 1.07. The van der Waals surface area contributed by atoms with Gasteiger partial charge in [-0.15, -0.1) is 0 Å². The SMILES string of the molecule is CN(C)P(=N)(N(C)C)N(C)C. The number of hydrogen-bond donors (Lipinski definition) is 1. The van der Waals surface area contributed by atoms with Gasteiger partial charge < -0.3 is 0 Å². The highest BCUT2D eigenvalue weighted by Crippen LogP contribution is 2.51. The first-order valence-corrected chi connectivity index (χ1v) is 5.15. The van der Waals surface area contributed by atoms with Gasteiger partial charge in [0, 0.05) is 0 Å². The highest BCUT2D eigenvalue weighted by Gasteiger charge is 2.24. The average molecular weight is 178 g/mol. The Morgan fingerprint density at radius 2 is 0.909 bits per heavy atom. The second kappa shape index (κ2) is 3.68. The molecular formula is C6H19N4P. The van der Waals surface area contributed by atoms with Crippen LogP contribution in [0.25, 0.3) is 0 Å². The summed E-state index contributed by atoms with van der Waals surface area (Å²) in [6.07, 6.45) is 0. The van der Waals surface area contributed by atoms with E-state index in [1.54, 1.807) is 0 Å². The van der Waals surface area contributed by atoms with Crippen LogP contribution in [0.3, 0.4) is 0 Å². The lowest BCUT2D eigenvalue weighted by Gasteiger charge is -2.39. The molecule has 0 unspecified atom stereocenters. The zero-order valence-electron chi connectivity index (χ0n) is 8.29. The predicted molar refractivity (Wildman–Crippen MR) is 50.7 cm³/mol. The summed E-state index contributed by atoms with van der Waals surface area (Å²) >= 11 is 0. The number of hydrogen-bond acceptors (Lipinski definition) is 1. The standard InChI is InChI=1S/C6H19N4P/c1-8(2)11(7,9(3)4)10(5)6/h7H,1-6H3. The first kappa shape index (κ1) is 11.1. The summed E-state index contributed by atoms with van der Waals surface area (Å²) < 4.78 is 5.90. The van der Waals surface area contributed by atoms with Crippen molar-refractivity contribution in [3.63, 3.8) is 0 Å². The second-order valence-electron chi connectivity index (χ2n) is 3.11. The quantitative estimate of drug-likeness (QED) is 0.659. The number of nitrogens with one attached hydrogen (secondary N) is 1. The molecule has 68 valence electrons. The van der Waals surface area contributed by atoms with Crippen molar-refractivity contribution in [3.8, 4) is 0 Å². The van der Waals surface area contributed by atoms with Crippen LogP contribution in [0.4, 0.5) is 0 Å². The molecular weight excluding hydrogens is 159 g/mol. The van der Waals surface area contributed by atoms with Crippen molar-refractivity contribution in [2.45, 2.75) is 0 Å². The molecule has 1 N–H and O–H groups in total. The summed E-state index contributed by atoms with van der Waals surface area (Å²) in [5.74, 6) is 0. The Bertz CT molecular complexity index is 135. The molecule has 0 atom stereocenters. The molecule has 0 radical (unpaired) electrons. The average Bonchev–Trinajstić information content (AvgIpc) is 1.84. The van der Waals surface area contributed by atoms with Gasteiger partial charge in [-0.25, -0.2) is 0 Å². The summed E-state index contributed by atoms with van der Waals surface area (Å²) in [5.41, 5.74) is 0. The van der Waals surface area contributed by atoms with E-state index in [0.29, 0.717) is 0 Å². The molecule has 0 aliphatic heterocycles. The van der Waals surface area contributed by atoms with Crippen LogP contribution < -0.4 is 0 Å². The molecule has 0 aliphatic carbocycles. The van der Waals surface area contributed by atoms with Gasteiger partial charge in [0.25, 0.3) is 0 Å². The number of nitrogens with zero attached hydrogens (tertiary/aromatic N) is 3. The van der Waals surface area contributed by atoms with E-state index in [4.69, 9.17) is 5.16 Å². The summed E-state index contributed by atoms with van der Waals surface area (Å²) in [6.45, 7) is 0. The highest BCUT2D eigenvalue weighted by atomic mass is 31.2. The Hall–Kier alpha value is 0.110. The van der Waals surface area contributed by atoms with Crippen molar-refractivity contribution >= 4 is 7.51 Å². The van der Waals surface area contributed by atoms with Crippen molar-refractivity contribution in [2.75, 3.05) is 42.3 Å². The molecule has 11 heavy (non-hydrogen) atoms. The third kappa shape index (κ3) is 2.03. The topological polar surface area (TPSA) is 33.6 Å². The molecule has 0 fully saturated rings. The van der Waals surface area contributed by atoms with E-state index in [1.165, 1.54) is 0 Å². The number of rotatable bonds is 3. The van der Waals surface area contributed by atoms with Crippen LogP contribution in [0.5, 0.6) is 0 Å². The zero-order valence-corrected chi connectivity index (χ0v) is 9.18. The van der Waals surface area contributed by atoms with Crippen LogP contribution in [0.15, 0.2) is 0 Å². The lowest BCUT2D eigenvalue weighted by atomic mass is 11.2. The molecule has 0 amide bonds. The molecule has 0 saturated heterocycles. The summed E-state index contributed by atoms with van der Waals surface area (Å²) in [5, 5.41) is 8.17. The van der Waals surface area contributed by atoms with Gasteiger partial charge in [0.15, 0.2) is 7.51 Å². The van der Waals surface area contributed by atoms with Crippen LogP contribution in [-0.2, 0) is 0 Å². The van der Waals surface area contributed by atoms with Gasteiger partial charge in [-0.05, 0) is 42.3 Å². The van der Waals surface area contributed by atoms with E-state index in [1.807, 2.05) is 56.3 Å². The van der Waals surface area contributed by atoms with Gasteiger partial charge in [0.2, 0.25) is 0 Å². The summed E-state index contributed by atoms with van der Waals surface area (Å²) in [4.78, 5) is 0. The van der Waals surface area contributed by atoms with E-state index in [9.17, 15) is 0 Å². The normalized spacial score (nSPS) is 13.5. The molecule has 0 bridgehead atoms. The van der Waals surface area contributed by atoms with Gasteiger partial charge >= 0.3 is 0 Å². The Balaban J connectivity index is 4.69. The maximum Gasteiger partial charge on any atom is 0.163 e. The van der Waals surface area contributed by atoms with Crippen LogP contribution in [-0.4, -0.2) is 56.3 Å². The Labute approximate surface area is 69.8 Å². The minimum atomic E-state index is -1.94. The van der Waals surface area contributed by atoms with Gasteiger partial charge in [-0.3, -0.25) is 19.2 Å². The smallest absolute Gasteiger partial charge is 0.163 e. The Morgan fingerprint density at radius 1 is 0.727 bits per heavy atom. The van der Waals surface area contributed by atoms with E-state index >= 15 is 0 Å². The van der Waals surface area contributed by atoms with Crippen LogP contribution in [0, 0.1) is 5.16 Å².